The Labute approximate surface area is 115 Å². The normalized spacial score (nSPS) is 50.3. The molecule has 1 N–H and O–H groups in total. The summed E-state index contributed by atoms with van der Waals surface area (Å²) < 4.78 is 6.86. The third-order valence-electron chi connectivity index (χ3n) is 5.96. The van der Waals surface area contributed by atoms with Crippen LogP contribution >= 0.6 is 0 Å². The average Bonchev–Trinajstić information content (AvgIpc) is 2.89. The maximum absolute atomic E-state index is 10.7. The molecule has 3 fully saturated rings. The van der Waals surface area contributed by atoms with Gasteiger partial charge in [-0.1, -0.05) is 0 Å². The third kappa shape index (κ3) is 1.98. The molecule has 2 saturated carbocycles. The number of hydrogen-bond donors (Lipinski definition) is 1. The Kier molecular flexibility index (Phi) is 2.95. The van der Waals surface area contributed by atoms with Crippen LogP contribution in [0.15, 0.2) is 0 Å². The number of aliphatic hydroxyl groups is 1. The van der Waals surface area contributed by atoms with Gasteiger partial charge in [0.1, 0.15) is 0 Å². The van der Waals surface area contributed by atoms with E-state index in [-0.39, 0.29) is 17.1 Å². The van der Waals surface area contributed by atoms with Crippen molar-refractivity contribution in [1.82, 2.24) is 0 Å². The van der Waals surface area contributed by atoms with E-state index >= 15 is 0 Å². The van der Waals surface area contributed by atoms with E-state index in [1.165, 1.54) is 19.3 Å². The fourth-order valence-corrected chi connectivity index (χ4v) is 10.3. The van der Waals surface area contributed by atoms with Crippen molar-refractivity contribution in [3.63, 3.8) is 0 Å². The molecule has 0 aromatic carbocycles. The molecule has 3 aliphatic rings. The van der Waals surface area contributed by atoms with Crippen LogP contribution in [0.3, 0.4) is 0 Å². The topological polar surface area (TPSA) is 32.8 Å². The van der Waals surface area contributed by atoms with E-state index in [9.17, 15) is 5.11 Å². The van der Waals surface area contributed by atoms with Gasteiger partial charge in [-0.05, 0) is 0 Å². The first-order chi connectivity index (χ1) is 8.16. The number of hydrogen-bond acceptors (Lipinski definition) is 2. The van der Waals surface area contributed by atoms with Crippen LogP contribution < -0.4 is 0 Å². The summed E-state index contributed by atoms with van der Waals surface area (Å²) in [5.41, 5.74) is 0.182. The first-order valence-electron chi connectivity index (χ1n) is 7.48. The third-order valence-corrected chi connectivity index (χ3v) is 14.2. The molecule has 0 radical (unpaired) electrons. The van der Waals surface area contributed by atoms with E-state index in [4.69, 9.17) is 4.74 Å². The molecule has 5 atom stereocenters. The zero-order valence-electron chi connectivity index (χ0n) is 12.5. The van der Waals surface area contributed by atoms with Crippen molar-refractivity contribution < 1.29 is 9.84 Å². The van der Waals surface area contributed by atoms with Crippen LogP contribution in [0.1, 0.15) is 33.1 Å². The van der Waals surface area contributed by atoms with Gasteiger partial charge in [-0.3, -0.25) is 0 Å². The quantitative estimate of drug-likeness (QED) is 0.576. The Morgan fingerprint density at radius 2 is 1.78 bits per heavy atom. The second-order valence-corrected chi connectivity index (χ2v) is 24.6. The van der Waals surface area contributed by atoms with Crippen LogP contribution in [0.5, 0.6) is 0 Å². The van der Waals surface area contributed by atoms with Crippen molar-refractivity contribution >= 4 is 18.4 Å². The molecule has 104 valence electrons. The molecule has 3 rings (SSSR count). The summed E-state index contributed by atoms with van der Waals surface area (Å²) in [6.07, 6.45) is 3.67. The Hall–Kier alpha value is 0.719. The summed E-state index contributed by atoms with van der Waals surface area (Å²) >= 11 is -1.84. The van der Waals surface area contributed by atoms with Crippen molar-refractivity contribution in [2.75, 3.05) is 6.61 Å². The number of ether oxygens (including phenoxy) is 1. The molecule has 0 bridgehead atoms. The van der Waals surface area contributed by atoms with E-state index in [2.05, 4.69) is 28.7 Å². The summed E-state index contributed by atoms with van der Waals surface area (Å²) in [6, 6.07) is 0. The predicted octanol–water partition coefficient (Wildman–Crippen LogP) is 3.28. The standard InChI is InChI=1S/C12H19O2.3CH3.Sn/c1-11(2)6-8-4-3-5-12(7-14-12)9(8)10(11)13;;;;/h3,8-10,13H,4-7H2,1-2H3;3*1H3;/t8-,9-,10+,12+;;;;/m0..../s1. The van der Waals surface area contributed by atoms with Gasteiger partial charge >= 0.3 is 116 Å². The van der Waals surface area contributed by atoms with Gasteiger partial charge in [0, 0.05) is 0 Å². The molecule has 1 saturated heterocycles. The molecule has 2 aliphatic carbocycles. The number of fused-ring (bicyclic) bond motifs is 2. The molecular weight excluding hydrogens is 331 g/mol. The van der Waals surface area contributed by atoms with Crippen LogP contribution in [0, 0.1) is 17.3 Å². The number of rotatable bonds is 1. The van der Waals surface area contributed by atoms with Gasteiger partial charge < -0.3 is 0 Å². The Balaban J connectivity index is 1.88. The summed E-state index contributed by atoms with van der Waals surface area (Å²) in [7, 11) is 0. The Bertz CT molecular complexity index is 354. The van der Waals surface area contributed by atoms with Crippen molar-refractivity contribution in [2.45, 2.75) is 63.6 Å². The van der Waals surface area contributed by atoms with Gasteiger partial charge in [-0.25, -0.2) is 0 Å². The van der Waals surface area contributed by atoms with Crippen LogP contribution in [0.25, 0.3) is 0 Å². The van der Waals surface area contributed by atoms with E-state index in [1.807, 2.05) is 0 Å². The molecule has 18 heavy (non-hydrogen) atoms. The molecule has 0 aromatic heterocycles. The van der Waals surface area contributed by atoms with Gasteiger partial charge in [0.2, 0.25) is 0 Å². The molecule has 0 unspecified atom stereocenters. The van der Waals surface area contributed by atoms with Gasteiger partial charge in [0.25, 0.3) is 0 Å². The van der Waals surface area contributed by atoms with Crippen molar-refractivity contribution in [3.8, 4) is 0 Å². The van der Waals surface area contributed by atoms with Crippen LogP contribution in [-0.2, 0) is 4.74 Å². The van der Waals surface area contributed by atoms with Crippen molar-refractivity contribution in [1.29, 1.82) is 0 Å². The maximum atomic E-state index is 10.7. The molecule has 1 heterocycles. The van der Waals surface area contributed by atoms with Gasteiger partial charge in [-0.2, -0.15) is 0 Å². The van der Waals surface area contributed by atoms with Crippen molar-refractivity contribution in [3.05, 3.63) is 0 Å². The number of aliphatic hydroxyl groups excluding tert-OH is 1. The van der Waals surface area contributed by atoms with Gasteiger partial charge in [-0.15, -0.1) is 0 Å². The molecule has 0 amide bonds. The van der Waals surface area contributed by atoms with Gasteiger partial charge in [0.05, 0.1) is 0 Å². The van der Waals surface area contributed by atoms with Crippen LogP contribution in [0.2, 0.25) is 18.8 Å². The first-order valence-corrected chi connectivity index (χ1v) is 17.7. The minimum atomic E-state index is -1.84. The van der Waals surface area contributed by atoms with E-state index in [0.717, 1.165) is 10.5 Å². The van der Waals surface area contributed by atoms with Gasteiger partial charge in [0.15, 0.2) is 0 Å². The van der Waals surface area contributed by atoms with E-state index in [0.29, 0.717) is 11.8 Å². The van der Waals surface area contributed by atoms with Crippen LogP contribution in [0.4, 0.5) is 0 Å². The molecule has 1 aliphatic heterocycles. The fraction of sp³-hybridized carbons (Fsp3) is 1.00. The minimum absolute atomic E-state index is 0.0883. The summed E-state index contributed by atoms with van der Waals surface area (Å²) in [5.74, 6) is 1.14. The van der Waals surface area contributed by atoms with E-state index < -0.39 is 18.4 Å². The molecule has 1 spiro atoms. The summed E-state index contributed by atoms with van der Waals surface area (Å²) in [4.78, 5) is 7.69. The second-order valence-electron chi connectivity index (χ2n) is 8.78. The zero-order chi connectivity index (χ0) is 13.3. The Morgan fingerprint density at radius 3 is 2.28 bits per heavy atom. The second kappa shape index (κ2) is 3.88. The molecule has 2 nitrogen and oxygen atoms in total. The predicted molar refractivity (Wildman–Crippen MR) is 76.4 cm³/mol. The molecule has 3 heteroatoms. The molecular formula is C15H28O2Sn. The summed E-state index contributed by atoms with van der Waals surface area (Å²) in [5, 5.41) is 10.7. The van der Waals surface area contributed by atoms with Crippen molar-refractivity contribution in [2.24, 2.45) is 17.3 Å². The first kappa shape index (κ1) is 13.7. The zero-order valence-corrected chi connectivity index (χ0v) is 15.3. The van der Waals surface area contributed by atoms with Crippen LogP contribution in [-0.4, -0.2) is 41.8 Å². The van der Waals surface area contributed by atoms with E-state index in [1.54, 1.807) is 0 Å². The summed E-state index contributed by atoms with van der Waals surface area (Å²) in [6.45, 7) is 5.39. The number of epoxide rings is 1. The monoisotopic (exact) mass is 360 g/mol. The Morgan fingerprint density at radius 1 is 1.17 bits per heavy atom. The SMILES string of the molecule is CC1(C)C[C@@H]2C[C@@H]([Sn]([CH3])([CH3])[CH3])C[C@@]3(CO3)[C@@H]2[C@H]1O. The molecule has 0 aromatic rings. The fourth-order valence-electron chi connectivity index (χ4n) is 4.68. The average molecular weight is 359 g/mol.